The second-order valence-corrected chi connectivity index (χ2v) is 12.0. The summed E-state index contributed by atoms with van der Waals surface area (Å²) in [5, 5.41) is 2.69. The van der Waals surface area contributed by atoms with Gasteiger partial charge in [-0.1, -0.05) is 71.9 Å². The summed E-state index contributed by atoms with van der Waals surface area (Å²) in [5.74, 6) is 2.92. The molecule has 0 aromatic heterocycles. The van der Waals surface area contributed by atoms with E-state index in [1.165, 1.54) is 33.7 Å². The number of allylic oxidation sites excluding steroid dienone is 1. The Labute approximate surface area is 239 Å². The summed E-state index contributed by atoms with van der Waals surface area (Å²) in [7, 11) is 0. The maximum absolute atomic E-state index is 13.2. The van der Waals surface area contributed by atoms with Crippen LogP contribution in [0.3, 0.4) is 0 Å². The highest BCUT2D eigenvalue weighted by atomic mass is 35.5. The molecular weight excluding hydrogens is 522 g/mol. The molecule has 2 aliphatic heterocycles. The first-order valence-corrected chi connectivity index (χ1v) is 15.0. The van der Waals surface area contributed by atoms with Crippen LogP contribution in [0.15, 0.2) is 97.6 Å². The van der Waals surface area contributed by atoms with Gasteiger partial charge < -0.3 is 9.64 Å². The van der Waals surface area contributed by atoms with Crippen molar-refractivity contribution in [3.8, 4) is 22.6 Å². The Balaban J connectivity index is 1.37. The molecule has 2 saturated heterocycles. The number of nitrogens with zero attached hydrogens (tertiary/aromatic N) is 1. The molecule has 2 aliphatic rings. The highest BCUT2D eigenvalue weighted by molar-refractivity contribution is 8.14. The van der Waals surface area contributed by atoms with Gasteiger partial charge in [-0.2, -0.15) is 0 Å². The fourth-order valence-corrected chi connectivity index (χ4v) is 7.77. The van der Waals surface area contributed by atoms with Crippen LogP contribution in [0.2, 0.25) is 0 Å². The van der Waals surface area contributed by atoms with Crippen LogP contribution in [-0.4, -0.2) is 28.6 Å². The molecule has 39 heavy (non-hydrogen) atoms. The van der Waals surface area contributed by atoms with E-state index in [9.17, 15) is 4.79 Å². The van der Waals surface area contributed by atoms with Gasteiger partial charge in [-0.25, -0.2) is 0 Å². The summed E-state index contributed by atoms with van der Waals surface area (Å²) in [6.07, 6.45) is 3.93. The SMILES string of the molecule is C=C[C@@H](CCl)[C@H]1CCN2C(=O)S[C@H](c3cc(-c4ccc(Oc5ccccc5)cc4)cc4ccc(C)cc34)[C@@H]2C1. The summed E-state index contributed by atoms with van der Waals surface area (Å²) in [5.41, 5.74) is 4.74. The number of piperidine rings is 1. The number of benzene rings is 4. The van der Waals surface area contributed by atoms with Crippen molar-refractivity contribution >= 4 is 39.4 Å². The molecule has 0 spiro atoms. The van der Waals surface area contributed by atoms with Crippen molar-refractivity contribution in [2.24, 2.45) is 11.8 Å². The first-order valence-electron chi connectivity index (χ1n) is 13.6. The molecule has 3 nitrogen and oxygen atoms in total. The van der Waals surface area contributed by atoms with Crippen LogP contribution in [0, 0.1) is 18.8 Å². The van der Waals surface area contributed by atoms with Crippen molar-refractivity contribution in [1.82, 2.24) is 4.90 Å². The number of thioether (sulfide) groups is 1. The molecule has 1 amide bonds. The molecule has 0 N–H and O–H groups in total. The lowest BCUT2D eigenvalue weighted by atomic mass is 9.79. The Morgan fingerprint density at radius 1 is 1.03 bits per heavy atom. The molecule has 2 fully saturated rings. The monoisotopic (exact) mass is 553 g/mol. The minimum atomic E-state index is 0.0750. The van der Waals surface area contributed by atoms with Gasteiger partial charge in [-0.15, -0.1) is 18.2 Å². The maximum Gasteiger partial charge on any atom is 0.282 e. The first kappa shape index (κ1) is 26.0. The number of rotatable bonds is 7. The van der Waals surface area contributed by atoms with Gasteiger partial charge in [0, 0.05) is 18.5 Å². The maximum atomic E-state index is 13.2. The van der Waals surface area contributed by atoms with Gasteiger partial charge >= 0.3 is 0 Å². The zero-order valence-electron chi connectivity index (χ0n) is 22.1. The summed E-state index contributed by atoms with van der Waals surface area (Å²) in [6, 6.07) is 29.4. The van der Waals surface area contributed by atoms with Gasteiger partial charge in [0.2, 0.25) is 0 Å². The second kappa shape index (κ2) is 11.1. The molecule has 0 unspecified atom stereocenters. The number of ether oxygens (including phenoxy) is 1. The molecule has 6 rings (SSSR count). The van der Waals surface area contributed by atoms with Crippen molar-refractivity contribution in [3.63, 3.8) is 0 Å². The average Bonchev–Trinajstić information content (AvgIpc) is 3.29. The van der Waals surface area contributed by atoms with E-state index in [2.05, 4.69) is 60.9 Å². The first-order chi connectivity index (χ1) is 19.0. The van der Waals surface area contributed by atoms with E-state index in [0.29, 0.717) is 11.8 Å². The zero-order valence-corrected chi connectivity index (χ0v) is 23.6. The lowest BCUT2D eigenvalue weighted by molar-refractivity contribution is 0.138. The minimum Gasteiger partial charge on any atom is -0.457 e. The highest BCUT2D eigenvalue weighted by Crippen LogP contribution is 2.51. The van der Waals surface area contributed by atoms with E-state index >= 15 is 0 Å². The number of amides is 1. The molecule has 4 atom stereocenters. The molecule has 0 saturated carbocycles. The molecule has 198 valence electrons. The third-order valence-corrected chi connectivity index (χ3v) is 9.81. The van der Waals surface area contributed by atoms with Crippen molar-refractivity contribution in [3.05, 3.63) is 109 Å². The lowest BCUT2D eigenvalue weighted by Gasteiger charge is -2.38. The summed E-state index contributed by atoms with van der Waals surface area (Å²) in [4.78, 5) is 15.3. The standard InChI is InChI=1S/C34H32ClNO2S/c1-3-23(21-35)25-15-16-36-32(20-25)33(39-34(36)37)31-19-27(18-26-10-9-22(2)17-30(26)31)24-11-13-29(14-12-24)38-28-7-5-4-6-8-28/h3-14,17-19,23,25,32-33H,1,15-16,20-21H2,2H3/t23-,25-,32-,33+/m0/s1. The van der Waals surface area contributed by atoms with E-state index in [1.807, 2.05) is 48.5 Å². The third kappa shape index (κ3) is 5.20. The number of hydrogen-bond donors (Lipinski definition) is 0. The van der Waals surface area contributed by atoms with Gasteiger partial charge in [0.05, 0.1) is 5.25 Å². The van der Waals surface area contributed by atoms with Crippen LogP contribution >= 0.6 is 23.4 Å². The van der Waals surface area contributed by atoms with Crippen molar-refractivity contribution < 1.29 is 9.53 Å². The summed E-state index contributed by atoms with van der Waals surface area (Å²) in [6.45, 7) is 6.95. The molecule has 2 heterocycles. The number of carbonyl (C=O) groups is 1. The van der Waals surface area contributed by atoms with Crippen LogP contribution in [0.25, 0.3) is 21.9 Å². The predicted octanol–water partition coefficient (Wildman–Crippen LogP) is 9.64. The smallest absolute Gasteiger partial charge is 0.282 e. The quantitative estimate of drug-likeness (QED) is 0.168. The molecule has 4 aromatic rings. The van der Waals surface area contributed by atoms with E-state index in [-0.39, 0.29) is 22.4 Å². The number of fused-ring (bicyclic) bond motifs is 2. The summed E-state index contributed by atoms with van der Waals surface area (Å²) < 4.78 is 6.01. The Bertz CT molecular complexity index is 1500. The van der Waals surface area contributed by atoms with Crippen LogP contribution in [0.4, 0.5) is 4.79 Å². The molecule has 5 heteroatoms. The highest BCUT2D eigenvalue weighted by Gasteiger charge is 2.46. The Hall–Kier alpha value is -3.21. The second-order valence-electron chi connectivity index (χ2n) is 10.6. The normalized spacial score (nSPS) is 21.5. The number of alkyl halides is 1. The third-order valence-electron chi connectivity index (χ3n) is 8.20. The van der Waals surface area contributed by atoms with E-state index in [0.717, 1.165) is 42.0 Å². The Morgan fingerprint density at radius 3 is 2.54 bits per heavy atom. The van der Waals surface area contributed by atoms with Crippen molar-refractivity contribution in [2.45, 2.75) is 31.1 Å². The van der Waals surface area contributed by atoms with Gasteiger partial charge in [0.15, 0.2) is 0 Å². The van der Waals surface area contributed by atoms with Crippen LogP contribution in [0.1, 0.15) is 29.2 Å². The zero-order chi connectivity index (χ0) is 26.9. The number of para-hydroxylation sites is 1. The number of hydrogen-bond acceptors (Lipinski definition) is 3. The van der Waals surface area contributed by atoms with Gasteiger partial charge in [-0.3, -0.25) is 4.79 Å². The molecule has 0 radical (unpaired) electrons. The molecule has 0 aliphatic carbocycles. The van der Waals surface area contributed by atoms with Crippen LogP contribution < -0.4 is 4.74 Å². The molecule has 4 aromatic carbocycles. The largest absolute Gasteiger partial charge is 0.457 e. The fourth-order valence-electron chi connectivity index (χ4n) is 6.08. The number of aryl methyl sites for hydroxylation is 1. The van der Waals surface area contributed by atoms with Crippen LogP contribution in [-0.2, 0) is 0 Å². The van der Waals surface area contributed by atoms with E-state index in [1.54, 1.807) is 0 Å². The van der Waals surface area contributed by atoms with E-state index < -0.39 is 0 Å². The fraction of sp³-hybridized carbons (Fsp3) is 0.265. The summed E-state index contributed by atoms with van der Waals surface area (Å²) >= 11 is 7.79. The minimum absolute atomic E-state index is 0.0750. The van der Waals surface area contributed by atoms with Gasteiger partial charge in [0.25, 0.3) is 5.24 Å². The van der Waals surface area contributed by atoms with Crippen molar-refractivity contribution in [1.29, 1.82) is 0 Å². The topological polar surface area (TPSA) is 29.5 Å². The number of carbonyl (C=O) groups excluding carboxylic acids is 1. The Morgan fingerprint density at radius 2 is 1.79 bits per heavy atom. The van der Waals surface area contributed by atoms with Crippen LogP contribution in [0.5, 0.6) is 11.5 Å². The van der Waals surface area contributed by atoms with Crippen molar-refractivity contribution in [2.75, 3.05) is 12.4 Å². The van der Waals surface area contributed by atoms with E-state index in [4.69, 9.17) is 16.3 Å². The average molecular weight is 554 g/mol. The predicted molar refractivity (Wildman–Crippen MR) is 164 cm³/mol. The van der Waals surface area contributed by atoms with Gasteiger partial charge in [0.1, 0.15) is 11.5 Å². The molecular formula is C34H32ClNO2S. The number of halogens is 1. The Kier molecular flexibility index (Phi) is 7.42. The van der Waals surface area contributed by atoms with Gasteiger partial charge in [-0.05, 0) is 95.5 Å². The molecule has 0 bridgehead atoms. The lowest BCUT2D eigenvalue weighted by Crippen LogP contribution is -2.43.